The van der Waals surface area contributed by atoms with Gasteiger partial charge < -0.3 is 9.84 Å². The molecule has 0 saturated carbocycles. The Bertz CT molecular complexity index is 758. The Hall–Kier alpha value is -2.46. The lowest BCUT2D eigenvalue weighted by Crippen LogP contribution is -1.94. The van der Waals surface area contributed by atoms with Gasteiger partial charge in [-0.15, -0.1) is 0 Å². The molecule has 2 aromatic carbocycles. The molecule has 0 unspecified atom stereocenters. The minimum Gasteiger partial charge on any atom is -0.438 e. The second kappa shape index (κ2) is 5.27. The van der Waals surface area contributed by atoms with Crippen LogP contribution in [0, 0.1) is 5.82 Å². The van der Waals surface area contributed by atoms with Gasteiger partial charge in [-0.2, -0.15) is 0 Å². The van der Waals surface area contributed by atoms with E-state index in [4.69, 9.17) is 4.74 Å². The summed E-state index contributed by atoms with van der Waals surface area (Å²) in [5.74, 6) is 0.418. The van der Waals surface area contributed by atoms with Crippen molar-refractivity contribution in [1.29, 1.82) is 0 Å². The van der Waals surface area contributed by atoms with Gasteiger partial charge in [-0.1, -0.05) is 24.3 Å². The van der Waals surface area contributed by atoms with Gasteiger partial charge in [0.2, 0.25) is 5.88 Å². The van der Waals surface area contributed by atoms with E-state index in [9.17, 15) is 9.50 Å². The van der Waals surface area contributed by atoms with Crippen LogP contribution in [-0.4, -0.2) is 10.1 Å². The van der Waals surface area contributed by atoms with E-state index in [1.165, 1.54) is 12.1 Å². The number of ether oxygens (including phenoxy) is 1. The van der Waals surface area contributed by atoms with Gasteiger partial charge in [-0.05, 0) is 23.6 Å². The van der Waals surface area contributed by atoms with Crippen LogP contribution in [0.3, 0.4) is 0 Å². The quantitative estimate of drug-likeness (QED) is 0.789. The summed E-state index contributed by atoms with van der Waals surface area (Å²) in [5, 5.41) is 11.0. The number of aliphatic hydroxyl groups is 1. The Morgan fingerprint density at radius 2 is 1.85 bits per heavy atom. The number of hydrogen-bond acceptors (Lipinski definition) is 3. The molecule has 1 aromatic heterocycles. The van der Waals surface area contributed by atoms with Crippen molar-refractivity contribution in [3.05, 3.63) is 66.1 Å². The molecule has 3 aromatic rings. The largest absolute Gasteiger partial charge is 0.438 e. The van der Waals surface area contributed by atoms with Crippen LogP contribution in [0.1, 0.15) is 5.56 Å². The maximum Gasteiger partial charge on any atom is 0.227 e. The number of benzene rings is 2. The number of fused-ring (bicyclic) bond motifs is 1. The lowest BCUT2D eigenvalue weighted by molar-refractivity contribution is 0.283. The highest BCUT2D eigenvalue weighted by atomic mass is 19.1. The van der Waals surface area contributed by atoms with Crippen molar-refractivity contribution in [3.63, 3.8) is 0 Å². The summed E-state index contributed by atoms with van der Waals surface area (Å²) < 4.78 is 18.8. The number of aromatic nitrogens is 1. The lowest BCUT2D eigenvalue weighted by atomic mass is 10.1. The Morgan fingerprint density at radius 3 is 2.60 bits per heavy atom. The molecule has 0 aliphatic carbocycles. The van der Waals surface area contributed by atoms with E-state index in [0.717, 1.165) is 16.3 Å². The van der Waals surface area contributed by atoms with Crippen LogP contribution in [0.15, 0.2) is 54.7 Å². The zero-order chi connectivity index (χ0) is 13.9. The predicted molar refractivity (Wildman–Crippen MR) is 74.1 cm³/mol. The fraction of sp³-hybridized carbons (Fsp3) is 0.0625. The monoisotopic (exact) mass is 269 g/mol. The van der Waals surface area contributed by atoms with E-state index < -0.39 is 0 Å². The third kappa shape index (κ3) is 2.33. The molecule has 1 N–H and O–H groups in total. The van der Waals surface area contributed by atoms with Crippen molar-refractivity contribution in [2.45, 2.75) is 6.61 Å². The predicted octanol–water partition coefficient (Wildman–Crippen LogP) is 3.66. The molecule has 20 heavy (non-hydrogen) atoms. The summed E-state index contributed by atoms with van der Waals surface area (Å²) >= 11 is 0. The Morgan fingerprint density at radius 1 is 1.05 bits per heavy atom. The summed E-state index contributed by atoms with van der Waals surface area (Å²) in [5.41, 5.74) is 0.729. The first-order chi connectivity index (χ1) is 9.78. The van der Waals surface area contributed by atoms with E-state index >= 15 is 0 Å². The minimum absolute atomic E-state index is 0.0895. The van der Waals surface area contributed by atoms with Gasteiger partial charge in [0.1, 0.15) is 11.6 Å². The van der Waals surface area contributed by atoms with Crippen molar-refractivity contribution in [2.24, 2.45) is 0 Å². The van der Waals surface area contributed by atoms with Crippen molar-refractivity contribution in [1.82, 2.24) is 4.98 Å². The number of hydrogen-bond donors (Lipinski definition) is 1. The molecule has 0 atom stereocenters. The minimum atomic E-state index is -0.362. The standard InChI is InChI=1S/C16H12FNO2/c17-12-4-3-5-13(8-12)20-16-15-7-2-1-6-14(15)11(10-19)9-18-16/h1-9,19H,10H2. The summed E-state index contributed by atoms with van der Waals surface area (Å²) in [6.07, 6.45) is 1.57. The van der Waals surface area contributed by atoms with Crippen LogP contribution < -0.4 is 4.74 Å². The number of nitrogens with zero attached hydrogens (tertiary/aromatic N) is 1. The van der Waals surface area contributed by atoms with Gasteiger partial charge in [0.15, 0.2) is 0 Å². The molecule has 0 amide bonds. The molecule has 3 nitrogen and oxygen atoms in total. The van der Waals surface area contributed by atoms with Crippen LogP contribution in [0.5, 0.6) is 11.6 Å². The fourth-order valence-electron chi connectivity index (χ4n) is 2.07. The molecule has 0 aliphatic rings. The van der Waals surface area contributed by atoms with E-state index in [2.05, 4.69) is 4.98 Å². The lowest BCUT2D eigenvalue weighted by Gasteiger charge is -2.10. The van der Waals surface area contributed by atoms with Crippen molar-refractivity contribution >= 4 is 10.8 Å². The maximum absolute atomic E-state index is 13.2. The normalized spacial score (nSPS) is 10.7. The van der Waals surface area contributed by atoms with Gasteiger partial charge in [-0.3, -0.25) is 0 Å². The van der Waals surface area contributed by atoms with Crippen LogP contribution in [0.4, 0.5) is 4.39 Å². The molecular formula is C16H12FNO2. The zero-order valence-electron chi connectivity index (χ0n) is 10.6. The number of halogens is 1. The van der Waals surface area contributed by atoms with Crippen molar-refractivity contribution < 1.29 is 14.2 Å². The first-order valence-corrected chi connectivity index (χ1v) is 6.19. The van der Waals surface area contributed by atoms with Gasteiger partial charge in [0.25, 0.3) is 0 Å². The van der Waals surface area contributed by atoms with E-state index in [1.54, 1.807) is 18.3 Å². The molecular weight excluding hydrogens is 257 g/mol. The molecule has 0 bridgehead atoms. The molecule has 1 heterocycles. The van der Waals surface area contributed by atoms with Gasteiger partial charge in [0.05, 0.1) is 6.61 Å². The second-order valence-corrected chi connectivity index (χ2v) is 4.35. The van der Waals surface area contributed by atoms with Gasteiger partial charge in [-0.25, -0.2) is 9.37 Å². The Labute approximate surface area is 115 Å². The average molecular weight is 269 g/mol. The molecule has 4 heteroatoms. The summed E-state index contributed by atoms with van der Waals surface area (Å²) in [4.78, 5) is 4.20. The van der Waals surface area contributed by atoms with E-state index in [1.807, 2.05) is 24.3 Å². The number of aliphatic hydroxyl groups excluding tert-OH is 1. The molecule has 0 radical (unpaired) electrons. The average Bonchev–Trinajstić information content (AvgIpc) is 2.48. The summed E-state index contributed by atoms with van der Waals surface area (Å²) in [6, 6.07) is 13.4. The summed E-state index contributed by atoms with van der Waals surface area (Å²) in [7, 11) is 0. The Kier molecular flexibility index (Phi) is 3.31. The third-order valence-electron chi connectivity index (χ3n) is 3.02. The maximum atomic E-state index is 13.2. The smallest absolute Gasteiger partial charge is 0.227 e. The first kappa shape index (κ1) is 12.6. The van der Waals surface area contributed by atoms with Gasteiger partial charge in [0, 0.05) is 23.2 Å². The summed E-state index contributed by atoms with van der Waals surface area (Å²) in [6.45, 7) is -0.0895. The van der Waals surface area contributed by atoms with Crippen LogP contribution in [0.25, 0.3) is 10.8 Å². The highest BCUT2D eigenvalue weighted by Crippen LogP contribution is 2.29. The highest BCUT2D eigenvalue weighted by Gasteiger charge is 2.08. The Balaban J connectivity index is 2.08. The molecule has 100 valence electrons. The highest BCUT2D eigenvalue weighted by molar-refractivity contribution is 5.89. The van der Waals surface area contributed by atoms with Crippen LogP contribution in [0.2, 0.25) is 0 Å². The molecule has 0 fully saturated rings. The van der Waals surface area contributed by atoms with E-state index in [-0.39, 0.29) is 12.4 Å². The number of rotatable bonds is 3. The van der Waals surface area contributed by atoms with Crippen molar-refractivity contribution in [2.75, 3.05) is 0 Å². The fourth-order valence-corrected chi connectivity index (χ4v) is 2.07. The van der Waals surface area contributed by atoms with E-state index in [0.29, 0.717) is 11.6 Å². The molecule has 0 aliphatic heterocycles. The van der Waals surface area contributed by atoms with Gasteiger partial charge >= 0.3 is 0 Å². The SMILES string of the molecule is OCc1cnc(Oc2cccc(F)c2)c2ccccc12. The zero-order valence-corrected chi connectivity index (χ0v) is 10.6. The third-order valence-corrected chi connectivity index (χ3v) is 3.02. The topological polar surface area (TPSA) is 42.4 Å². The second-order valence-electron chi connectivity index (χ2n) is 4.35. The number of pyridine rings is 1. The molecule has 3 rings (SSSR count). The van der Waals surface area contributed by atoms with Crippen molar-refractivity contribution in [3.8, 4) is 11.6 Å². The van der Waals surface area contributed by atoms with Crippen LogP contribution >= 0.6 is 0 Å². The van der Waals surface area contributed by atoms with Crippen LogP contribution in [-0.2, 0) is 6.61 Å². The first-order valence-electron chi connectivity index (χ1n) is 6.19. The molecule has 0 spiro atoms. The molecule has 0 saturated heterocycles.